The molecule has 2 rings (SSSR count). The van der Waals surface area contributed by atoms with Gasteiger partial charge in [0.1, 0.15) is 18.6 Å². The van der Waals surface area contributed by atoms with Gasteiger partial charge < -0.3 is 15.3 Å². The number of aliphatic carboxylic acids is 1. The van der Waals surface area contributed by atoms with E-state index in [-0.39, 0.29) is 18.4 Å². The van der Waals surface area contributed by atoms with Gasteiger partial charge in [-0.05, 0) is 25.2 Å². The van der Waals surface area contributed by atoms with Crippen LogP contribution in [-0.2, 0) is 14.4 Å². The maximum atomic E-state index is 12.8. The number of carboxylic acid groups (broad SMARTS) is 1. The predicted molar refractivity (Wildman–Crippen MR) is 85.1 cm³/mol. The minimum absolute atomic E-state index is 0.0218. The number of carbonyl (C=O) groups excluding carboxylic acids is 3. The zero-order valence-electron chi connectivity index (χ0n) is 14.2. The molecule has 2 atom stereocenters. The maximum absolute atomic E-state index is 12.8. The highest BCUT2D eigenvalue weighted by molar-refractivity contribution is 6.09. The van der Waals surface area contributed by atoms with E-state index < -0.39 is 36.5 Å². The summed E-state index contributed by atoms with van der Waals surface area (Å²) in [6.45, 7) is 3.20. The number of carbonyl (C=O) groups is 4. The Balaban J connectivity index is 2.11. The first-order valence-corrected chi connectivity index (χ1v) is 8.45. The number of rotatable bonds is 6. The van der Waals surface area contributed by atoms with Gasteiger partial charge in [-0.1, -0.05) is 26.7 Å². The molecule has 0 aromatic rings. The third-order valence-electron chi connectivity index (χ3n) is 4.97. The van der Waals surface area contributed by atoms with Gasteiger partial charge in [-0.25, -0.2) is 4.79 Å². The van der Waals surface area contributed by atoms with Crippen LogP contribution in [0.5, 0.6) is 0 Å². The van der Waals surface area contributed by atoms with Crippen molar-refractivity contribution in [3.63, 3.8) is 0 Å². The highest BCUT2D eigenvalue weighted by atomic mass is 16.4. The molecular formula is C16H25N3O5. The number of urea groups is 1. The molecule has 0 aromatic heterocycles. The van der Waals surface area contributed by atoms with Crippen molar-refractivity contribution in [3.05, 3.63) is 0 Å². The van der Waals surface area contributed by atoms with E-state index in [4.69, 9.17) is 5.11 Å². The lowest BCUT2D eigenvalue weighted by Crippen LogP contribution is -2.54. The Bertz CT molecular complexity index is 550. The van der Waals surface area contributed by atoms with Crippen molar-refractivity contribution in [3.8, 4) is 0 Å². The van der Waals surface area contributed by atoms with Crippen molar-refractivity contribution in [1.82, 2.24) is 15.1 Å². The second-order valence-electron chi connectivity index (χ2n) is 6.65. The molecule has 134 valence electrons. The van der Waals surface area contributed by atoms with Gasteiger partial charge in [0.15, 0.2) is 0 Å². The molecule has 2 N–H and O–H groups in total. The van der Waals surface area contributed by atoms with Gasteiger partial charge in [0.25, 0.3) is 5.91 Å². The van der Waals surface area contributed by atoms with Crippen LogP contribution < -0.4 is 5.32 Å². The van der Waals surface area contributed by atoms with Gasteiger partial charge in [-0.2, -0.15) is 0 Å². The molecule has 0 aromatic carbocycles. The van der Waals surface area contributed by atoms with E-state index in [9.17, 15) is 19.2 Å². The predicted octanol–water partition coefficient (Wildman–Crippen LogP) is 0.810. The zero-order valence-corrected chi connectivity index (χ0v) is 14.2. The van der Waals surface area contributed by atoms with Crippen molar-refractivity contribution >= 4 is 23.8 Å². The smallest absolute Gasteiger partial charge is 0.325 e. The standard InChI is InChI=1S/C16H25N3O5/c1-3-8-18(10-13(21)22)12(20)9-19-14(23)16(17-15(19)24)7-5-4-6-11(16)2/h11H,3-10H2,1-2H3,(H,17,24)(H,21,22). The molecule has 0 bridgehead atoms. The normalized spacial score (nSPS) is 26.6. The van der Waals surface area contributed by atoms with E-state index in [2.05, 4.69) is 5.32 Å². The van der Waals surface area contributed by atoms with Crippen LogP contribution >= 0.6 is 0 Å². The fourth-order valence-corrected chi connectivity index (χ4v) is 3.60. The average molecular weight is 339 g/mol. The summed E-state index contributed by atoms with van der Waals surface area (Å²) in [6, 6.07) is -0.561. The van der Waals surface area contributed by atoms with E-state index in [1.807, 2.05) is 13.8 Å². The first-order valence-electron chi connectivity index (χ1n) is 8.45. The average Bonchev–Trinajstić information content (AvgIpc) is 2.74. The molecule has 8 heteroatoms. The molecule has 1 aliphatic carbocycles. The van der Waals surface area contributed by atoms with Gasteiger partial charge in [0.2, 0.25) is 5.91 Å². The Kier molecular flexibility index (Phi) is 5.46. The lowest BCUT2D eigenvalue weighted by Gasteiger charge is -2.36. The van der Waals surface area contributed by atoms with Crippen LogP contribution in [0.1, 0.15) is 46.0 Å². The summed E-state index contributed by atoms with van der Waals surface area (Å²) in [6.07, 6.45) is 3.92. The zero-order chi connectivity index (χ0) is 17.9. The number of amides is 4. The van der Waals surface area contributed by atoms with E-state index in [0.717, 1.165) is 29.1 Å². The minimum atomic E-state index is -1.12. The van der Waals surface area contributed by atoms with Crippen molar-refractivity contribution in [2.24, 2.45) is 5.92 Å². The molecule has 8 nitrogen and oxygen atoms in total. The molecule has 24 heavy (non-hydrogen) atoms. The molecule has 1 heterocycles. The largest absolute Gasteiger partial charge is 0.480 e. The molecule has 2 unspecified atom stereocenters. The van der Waals surface area contributed by atoms with Gasteiger partial charge >= 0.3 is 12.0 Å². The fourth-order valence-electron chi connectivity index (χ4n) is 3.60. The van der Waals surface area contributed by atoms with E-state index in [1.54, 1.807) is 0 Å². The molecule has 2 fully saturated rings. The molecule has 1 saturated carbocycles. The van der Waals surface area contributed by atoms with Crippen molar-refractivity contribution in [2.45, 2.75) is 51.5 Å². The summed E-state index contributed by atoms with van der Waals surface area (Å²) in [5.74, 6) is -1.98. The molecule has 0 radical (unpaired) electrons. The summed E-state index contributed by atoms with van der Waals surface area (Å²) in [7, 11) is 0. The highest BCUT2D eigenvalue weighted by Gasteiger charge is 2.55. The van der Waals surface area contributed by atoms with Crippen LogP contribution in [0.4, 0.5) is 4.79 Å². The van der Waals surface area contributed by atoms with Gasteiger partial charge in [-0.15, -0.1) is 0 Å². The molecule has 1 saturated heterocycles. The van der Waals surface area contributed by atoms with E-state index in [1.165, 1.54) is 0 Å². The number of imide groups is 1. The van der Waals surface area contributed by atoms with Crippen LogP contribution in [0.25, 0.3) is 0 Å². The topological polar surface area (TPSA) is 107 Å². The number of hydrogen-bond acceptors (Lipinski definition) is 4. The first-order chi connectivity index (χ1) is 11.3. The van der Waals surface area contributed by atoms with Crippen LogP contribution in [-0.4, -0.2) is 63.9 Å². The lowest BCUT2D eigenvalue weighted by molar-refractivity contribution is -0.146. The summed E-state index contributed by atoms with van der Waals surface area (Å²) in [5.41, 5.74) is -0.905. The Morgan fingerprint density at radius 1 is 1.38 bits per heavy atom. The lowest BCUT2D eigenvalue weighted by atomic mass is 9.73. The van der Waals surface area contributed by atoms with Crippen molar-refractivity contribution in [2.75, 3.05) is 19.6 Å². The Morgan fingerprint density at radius 3 is 2.67 bits per heavy atom. The fraction of sp³-hybridized carbons (Fsp3) is 0.750. The van der Waals surface area contributed by atoms with Gasteiger partial charge in [0, 0.05) is 6.54 Å². The Labute approximate surface area is 141 Å². The van der Waals surface area contributed by atoms with Crippen LogP contribution in [0.3, 0.4) is 0 Å². The third kappa shape index (κ3) is 3.37. The van der Waals surface area contributed by atoms with Crippen LogP contribution in [0.2, 0.25) is 0 Å². The Hall–Kier alpha value is -2.12. The number of nitrogens with one attached hydrogen (secondary N) is 1. The second kappa shape index (κ2) is 7.19. The summed E-state index contributed by atoms with van der Waals surface area (Å²) in [4.78, 5) is 50.4. The summed E-state index contributed by atoms with van der Waals surface area (Å²) in [5, 5.41) is 11.7. The monoisotopic (exact) mass is 339 g/mol. The van der Waals surface area contributed by atoms with E-state index in [0.29, 0.717) is 12.8 Å². The van der Waals surface area contributed by atoms with Gasteiger partial charge in [-0.3, -0.25) is 19.3 Å². The quantitative estimate of drug-likeness (QED) is 0.696. The van der Waals surface area contributed by atoms with Crippen LogP contribution in [0.15, 0.2) is 0 Å². The molecule has 1 spiro atoms. The summed E-state index contributed by atoms with van der Waals surface area (Å²) < 4.78 is 0. The maximum Gasteiger partial charge on any atom is 0.325 e. The summed E-state index contributed by atoms with van der Waals surface area (Å²) >= 11 is 0. The molecule has 2 aliphatic rings. The molecule has 4 amide bonds. The number of carboxylic acids is 1. The SMILES string of the molecule is CCCN(CC(=O)O)C(=O)CN1C(=O)NC2(CCCCC2C)C1=O. The van der Waals surface area contributed by atoms with Crippen molar-refractivity contribution < 1.29 is 24.3 Å². The van der Waals surface area contributed by atoms with Crippen molar-refractivity contribution in [1.29, 1.82) is 0 Å². The Morgan fingerprint density at radius 2 is 2.08 bits per heavy atom. The third-order valence-corrected chi connectivity index (χ3v) is 4.97. The molecular weight excluding hydrogens is 314 g/mol. The molecule has 1 aliphatic heterocycles. The van der Waals surface area contributed by atoms with Crippen LogP contribution in [0, 0.1) is 5.92 Å². The highest BCUT2D eigenvalue weighted by Crippen LogP contribution is 2.38. The van der Waals surface area contributed by atoms with Gasteiger partial charge in [0.05, 0.1) is 0 Å². The number of hydrogen-bond donors (Lipinski definition) is 2. The van der Waals surface area contributed by atoms with E-state index >= 15 is 0 Å². The minimum Gasteiger partial charge on any atom is -0.480 e. The number of nitrogens with zero attached hydrogens (tertiary/aromatic N) is 2. The first kappa shape index (κ1) is 18.2. The second-order valence-corrected chi connectivity index (χ2v) is 6.65.